The number of imide groups is 1. The van der Waals surface area contributed by atoms with E-state index in [4.69, 9.17) is 4.74 Å². The number of nitrogens with zero attached hydrogens (tertiary/aromatic N) is 2. The highest BCUT2D eigenvalue weighted by Gasteiger charge is 2.41. The van der Waals surface area contributed by atoms with E-state index in [0.717, 1.165) is 21.8 Å². The lowest BCUT2D eigenvalue weighted by molar-refractivity contribution is -0.138. The van der Waals surface area contributed by atoms with Crippen molar-refractivity contribution in [3.63, 3.8) is 0 Å². The maximum absolute atomic E-state index is 13.5. The highest BCUT2D eigenvalue weighted by molar-refractivity contribution is 7.11. The molecule has 3 aromatic rings. The van der Waals surface area contributed by atoms with E-state index >= 15 is 0 Å². The molecule has 0 unspecified atom stereocenters. The molecule has 0 saturated carbocycles. The zero-order valence-corrected chi connectivity index (χ0v) is 18.4. The van der Waals surface area contributed by atoms with Crippen molar-refractivity contribution < 1.29 is 14.3 Å². The molecule has 1 aliphatic rings. The third kappa shape index (κ3) is 4.25. The lowest BCUT2D eigenvalue weighted by Crippen LogP contribution is -2.34. The summed E-state index contributed by atoms with van der Waals surface area (Å²) >= 11 is 1.48. The van der Waals surface area contributed by atoms with E-state index in [0.29, 0.717) is 24.4 Å². The smallest absolute Gasteiger partial charge is 0.278 e. The van der Waals surface area contributed by atoms with E-state index in [1.54, 1.807) is 7.11 Å². The first kappa shape index (κ1) is 20.9. The van der Waals surface area contributed by atoms with Crippen LogP contribution in [0.15, 0.2) is 77.8 Å². The molecule has 0 N–H and O–H groups in total. The molecule has 0 saturated heterocycles. The van der Waals surface area contributed by atoms with Crippen LogP contribution in [0.5, 0.6) is 5.75 Å². The molecule has 0 fully saturated rings. The number of amides is 2. The van der Waals surface area contributed by atoms with Gasteiger partial charge in [-0.15, -0.1) is 11.3 Å². The van der Waals surface area contributed by atoms with Crippen LogP contribution in [0.1, 0.15) is 22.9 Å². The number of rotatable bonds is 8. The highest BCUT2D eigenvalue weighted by Crippen LogP contribution is 2.35. The second-order valence-electron chi connectivity index (χ2n) is 7.25. The summed E-state index contributed by atoms with van der Waals surface area (Å²) < 4.78 is 5.21. The number of ether oxygens (including phenoxy) is 1. The van der Waals surface area contributed by atoms with Crippen molar-refractivity contribution in [3.05, 3.63) is 93.8 Å². The summed E-state index contributed by atoms with van der Waals surface area (Å²) in [6, 6.07) is 21.2. The van der Waals surface area contributed by atoms with E-state index in [1.165, 1.54) is 16.2 Å². The number of hydrogen-bond donors (Lipinski definition) is 0. The molecule has 158 valence electrons. The molecule has 0 spiro atoms. The number of thiophene rings is 1. The molecule has 0 aliphatic carbocycles. The predicted octanol–water partition coefficient (Wildman–Crippen LogP) is 4.56. The van der Waals surface area contributed by atoms with Gasteiger partial charge in [0, 0.05) is 18.0 Å². The van der Waals surface area contributed by atoms with Gasteiger partial charge in [0.1, 0.15) is 11.4 Å². The highest BCUT2D eigenvalue weighted by atomic mass is 32.1. The maximum atomic E-state index is 13.5. The third-order valence-corrected chi connectivity index (χ3v) is 6.21. The first-order chi connectivity index (χ1) is 15.1. The molecule has 5 nitrogen and oxygen atoms in total. The molecule has 6 heteroatoms. The van der Waals surface area contributed by atoms with Gasteiger partial charge in [-0.3, -0.25) is 14.5 Å². The van der Waals surface area contributed by atoms with E-state index < -0.39 is 0 Å². The summed E-state index contributed by atoms with van der Waals surface area (Å²) in [6.45, 7) is 3.42. The summed E-state index contributed by atoms with van der Waals surface area (Å²) in [6.07, 6.45) is 0. The normalized spacial score (nSPS) is 13.8. The Balaban J connectivity index is 1.68. The van der Waals surface area contributed by atoms with Gasteiger partial charge < -0.3 is 9.64 Å². The van der Waals surface area contributed by atoms with Gasteiger partial charge in [-0.25, -0.2) is 0 Å². The molecular weight excluding hydrogens is 408 g/mol. The maximum Gasteiger partial charge on any atom is 0.278 e. The van der Waals surface area contributed by atoms with Crippen LogP contribution in [0.4, 0.5) is 0 Å². The average Bonchev–Trinajstić information content (AvgIpc) is 3.41. The quantitative estimate of drug-likeness (QED) is 0.490. The van der Waals surface area contributed by atoms with Gasteiger partial charge in [0.25, 0.3) is 11.8 Å². The number of carbonyl (C=O) groups excluding carboxylic acids is 2. The first-order valence-corrected chi connectivity index (χ1v) is 11.1. The van der Waals surface area contributed by atoms with Crippen molar-refractivity contribution in [2.24, 2.45) is 0 Å². The molecule has 31 heavy (non-hydrogen) atoms. The summed E-state index contributed by atoms with van der Waals surface area (Å²) in [5.74, 6) is 0.243. The van der Waals surface area contributed by atoms with E-state index in [1.807, 2.05) is 83.9 Å². The number of likely N-dealkylation sites (N-methyl/N-ethyl adjacent to an activating group) is 1. The van der Waals surface area contributed by atoms with Crippen LogP contribution in [0, 0.1) is 0 Å². The van der Waals surface area contributed by atoms with Gasteiger partial charge >= 0.3 is 0 Å². The van der Waals surface area contributed by atoms with Crippen LogP contribution < -0.4 is 4.74 Å². The Morgan fingerprint density at radius 3 is 2.26 bits per heavy atom. The summed E-state index contributed by atoms with van der Waals surface area (Å²) in [5, 5.41) is 1.93. The van der Waals surface area contributed by atoms with Crippen LogP contribution in [-0.4, -0.2) is 35.3 Å². The molecule has 2 amide bonds. The van der Waals surface area contributed by atoms with Gasteiger partial charge in [-0.2, -0.15) is 0 Å². The molecule has 0 radical (unpaired) electrons. The fourth-order valence-electron chi connectivity index (χ4n) is 3.71. The monoisotopic (exact) mass is 432 g/mol. The average molecular weight is 433 g/mol. The number of hydrogen-bond acceptors (Lipinski definition) is 5. The Kier molecular flexibility index (Phi) is 6.18. The minimum absolute atomic E-state index is 0.225. The Morgan fingerprint density at radius 1 is 0.903 bits per heavy atom. The molecule has 0 bridgehead atoms. The zero-order chi connectivity index (χ0) is 21.8. The van der Waals surface area contributed by atoms with Crippen LogP contribution >= 0.6 is 11.3 Å². The van der Waals surface area contributed by atoms with Crippen LogP contribution in [-0.2, 0) is 22.7 Å². The van der Waals surface area contributed by atoms with Gasteiger partial charge in [0.05, 0.1) is 19.2 Å². The van der Waals surface area contributed by atoms with E-state index in [2.05, 4.69) is 0 Å². The van der Waals surface area contributed by atoms with Crippen molar-refractivity contribution in [2.75, 3.05) is 13.7 Å². The molecule has 2 aromatic carbocycles. The Bertz CT molecular complexity index is 1090. The van der Waals surface area contributed by atoms with Gasteiger partial charge in [-0.05, 0) is 41.6 Å². The minimum atomic E-state index is -0.248. The first-order valence-electron chi connectivity index (χ1n) is 10.2. The predicted molar refractivity (Wildman–Crippen MR) is 122 cm³/mol. The number of methoxy groups -OCH3 is 1. The van der Waals surface area contributed by atoms with Crippen LogP contribution in [0.3, 0.4) is 0 Å². The third-order valence-electron chi connectivity index (χ3n) is 5.33. The van der Waals surface area contributed by atoms with Crippen molar-refractivity contribution in [2.45, 2.75) is 20.0 Å². The topological polar surface area (TPSA) is 49.9 Å². The van der Waals surface area contributed by atoms with E-state index in [9.17, 15) is 9.59 Å². The Labute approximate surface area is 186 Å². The standard InChI is InChI=1S/C25H24N2O3S/c1-3-26(16-18-8-5-4-6-9-18)23-22(21-10-7-15-31-21)24(28)27(25(23)29)17-19-11-13-20(30-2)14-12-19/h4-15H,3,16-17H2,1-2H3. The number of benzene rings is 2. The van der Waals surface area contributed by atoms with Crippen molar-refractivity contribution in [3.8, 4) is 5.75 Å². The van der Waals surface area contributed by atoms with Crippen LogP contribution in [0.2, 0.25) is 0 Å². The largest absolute Gasteiger partial charge is 0.497 e. The molecule has 1 aliphatic heterocycles. The van der Waals surface area contributed by atoms with Gasteiger partial charge in [0.2, 0.25) is 0 Å². The number of carbonyl (C=O) groups is 2. The zero-order valence-electron chi connectivity index (χ0n) is 17.6. The Morgan fingerprint density at radius 2 is 1.65 bits per heavy atom. The van der Waals surface area contributed by atoms with Gasteiger partial charge in [-0.1, -0.05) is 48.5 Å². The van der Waals surface area contributed by atoms with Crippen molar-refractivity contribution >= 4 is 28.7 Å². The summed E-state index contributed by atoms with van der Waals surface area (Å²) in [7, 11) is 1.61. The SMILES string of the molecule is CCN(Cc1ccccc1)C1=C(c2cccs2)C(=O)N(Cc2ccc(OC)cc2)C1=O. The fraction of sp³-hybridized carbons (Fsp3) is 0.200. The molecular formula is C25H24N2O3S. The lowest BCUT2D eigenvalue weighted by Gasteiger charge is -2.25. The lowest BCUT2D eigenvalue weighted by atomic mass is 10.1. The second kappa shape index (κ2) is 9.18. The van der Waals surface area contributed by atoms with Crippen molar-refractivity contribution in [1.82, 2.24) is 9.80 Å². The minimum Gasteiger partial charge on any atom is -0.497 e. The molecule has 2 heterocycles. The summed E-state index contributed by atoms with van der Waals surface area (Å²) in [5.41, 5.74) is 2.94. The van der Waals surface area contributed by atoms with Crippen molar-refractivity contribution in [1.29, 1.82) is 0 Å². The molecule has 1 aromatic heterocycles. The van der Waals surface area contributed by atoms with E-state index in [-0.39, 0.29) is 18.4 Å². The molecule has 4 rings (SSSR count). The summed E-state index contributed by atoms with van der Waals surface area (Å²) in [4.78, 5) is 31.1. The second-order valence-corrected chi connectivity index (χ2v) is 8.19. The molecule has 0 atom stereocenters. The fourth-order valence-corrected chi connectivity index (χ4v) is 4.47. The van der Waals surface area contributed by atoms with Gasteiger partial charge in [0.15, 0.2) is 0 Å². The van der Waals surface area contributed by atoms with Crippen LogP contribution in [0.25, 0.3) is 5.57 Å². The Hall–Kier alpha value is -3.38.